The zero-order chi connectivity index (χ0) is 25.0. The molecule has 10 heteroatoms. The molecule has 1 N–H and O–H groups in total. The van der Waals surface area contributed by atoms with Gasteiger partial charge in [-0.2, -0.15) is 0 Å². The number of nitrogens with zero attached hydrogens (tertiary/aromatic N) is 5. The van der Waals surface area contributed by atoms with Gasteiger partial charge < -0.3 is 14.5 Å². The van der Waals surface area contributed by atoms with E-state index in [1.165, 1.54) is 15.8 Å². The Labute approximate surface area is 205 Å². The second-order valence-corrected chi connectivity index (χ2v) is 9.76. The topological polar surface area (TPSA) is 106 Å². The van der Waals surface area contributed by atoms with Crippen molar-refractivity contribution >= 4 is 23.0 Å². The maximum Gasteiger partial charge on any atom is 0.411 e. The SMILES string of the molecule is CCOC(=O)C1CN(CCCc2c[nH]c3ccc(-n4cnnc4)cc23)CCN1C(=O)OC(C)(C)C. The predicted molar refractivity (Wildman–Crippen MR) is 131 cm³/mol. The Bertz CT molecular complexity index is 1150. The molecule has 0 saturated carbocycles. The van der Waals surface area contributed by atoms with E-state index >= 15 is 0 Å². The first-order valence-corrected chi connectivity index (χ1v) is 12.1. The number of aromatic amines is 1. The number of fused-ring (bicyclic) bond motifs is 1. The van der Waals surface area contributed by atoms with E-state index < -0.39 is 17.7 Å². The average molecular weight is 483 g/mol. The number of ether oxygens (including phenoxy) is 2. The Hall–Kier alpha value is -3.40. The van der Waals surface area contributed by atoms with Crippen molar-refractivity contribution in [3.63, 3.8) is 0 Å². The van der Waals surface area contributed by atoms with Gasteiger partial charge in [0.25, 0.3) is 0 Å². The molecule has 1 saturated heterocycles. The maximum absolute atomic E-state index is 12.7. The van der Waals surface area contributed by atoms with Crippen molar-refractivity contribution < 1.29 is 19.1 Å². The third kappa shape index (κ3) is 6.00. The number of nitrogens with one attached hydrogen (secondary N) is 1. The lowest BCUT2D eigenvalue weighted by molar-refractivity contribution is -0.151. The molecule has 1 aromatic carbocycles. The molecule has 1 unspecified atom stereocenters. The molecule has 0 radical (unpaired) electrons. The van der Waals surface area contributed by atoms with Gasteiger partial charge in [-0.05, 0) is 70.8 Å². The first-order valence-electron chi connectivity index (χ1n) is 12.1. The lowest BCUT2D eigenvalue weighted by Crippen LogP contribution is -2.59. The van der Waals surface area contributed by atoms with Crippen molar-refractivity contribution in [2.75, 3.05) is 32.8 Å². The van der Waals surface area contributed by atoms with Gasteiger partial charge in [0, 0.05) is 42.4 Å². The zero-order valence-electron chi connectivity index (χ0n) is 20.9. The standard InChI is InChI=1S/C25H34N6O4/c1-5-34-23(32)22-15-29(11-12-31(22)24(33)35-25(2,3)4)10-6-7-18-14-26-21-9-8-19(13-20(18)21)30-16-27-28-17-30/h8-9,13-14,16-17,22,26H,5-7,10-12,15H2,1-4H3. The molecule has 2 aromatic heterocycles. The minimum Gasteiger partial charge on any atom is -0.464 e. The van der Waals surface area contributed by atoms with Crippen LogP contribution in [0.25, 0.3) is 16.6 Å². The molecule has 35 heavy (non-hydrogen) atoms. The normalized spacial score (nSPS) is 17.0. The molecule has 0 spiro atoms. The smallest absolute Gasteiger partial charge is 0.411 e. The highest BCUT2D eigenvalue weighted by molar-refractivity contribution is 5.85. The molecular weight excluding hydrogens is 448 g/mol. The molecule has 10 nitrogen and oxygen atoms in total. The van der Waals surface area contributed by atoms with E-state index in [1.54, 1.807) is 19.6 Å². The summed E-state index contributed by atoms with van der Waals surface area (Å²) in [6, 6.07) is 5.57. The number of esters is 1. The van der Waals surface area contributed by atoms with E-state index in [2.05, 4.69) is 38.4 Å². The Morgan fingerprint density at radius 3 is 2.66 bits per heavy atom. The van der Waals surface area contributed by atoms with Gasteiger partial charge in [0.05, 0.1) is 6.61 Å². The number of hydrogen-bond donors (Lipinski definition) is 1. The number of piperazine rings is 1. The quantitative estimate of drug-likeness (QED) is 0.516. The molecular formula is C25H34N6O4. The second kappa shape index (κ2) is 10.5. The van der Waals surface area contributed by atoms with Gasteiger partial charge in [0.2, 0.25) is 0 Å². The number of rotatable bonds is 7. The molecule has 1 aliphatic rings. The number of amides is 1. The molecule has 3 heterocycles. The van der Waals surface area contributed by atoms with E-state index in [0.717, 1.165) is 30.6 Å². The summed E-state index contributed by atoms with van der Waals surface area (Å²) in [5.41, 5.74) is 2.72. The Morgan fingerprint density at radius 1 is 1.17 bits per heavy atom. The molecule has 0 aliphatic carbocycles. The molecule has 3 aromatic rings. The van der Waals surface area contributed by atoms with E-state index in [0.29, 0.717) is 19.6 Å². The number of carbonyl (C=O) groups excluding carboxylic acids is 2. The number of hydrogen-bond acceptors (Lipinski definition) is 7. The van der Waals surface area contributed by atoms with Crippen LogP contribution in [0, 0.1) is 0 Å². The summed E-state index contributed by atoms with van der Waals surface area (Å²) in [5.74, 6) is -0.388. The van der Waals surface area contributed by atoms with Crippen molar-refractivity contribution in [2.45, 2.75) is 52.2 Å². The van der Waals surface area contributed by atoms with Crippen molar-refractivity contribution in [1.82, 2.24) is 29.5 Å². The first-order chi connectivity index (χ1) is 16.7. The number of aromatic nitrogens is 4. The number of aryl methyl sites for hydroxylation is 1. The maximum atomic E-state index is 12.7. The van der Waals surface area contributed by atoms with E-state index in [-0.39, 0.29) is 12.6 Å². The summed E-state index contributed by atoms with van der Waals surface area (Å²) < 4.78 is 12.7. The van der Waals surface area contributed by atoms with Gasteiger partial charge in [0.15, 0.2) is 0 Å². The summed E-state index contributed by atoms with van der Waals surface area (Å²) in [6.07, 6.45) is 6.77. The van der Waals surface area contributed by atoms with Gasteiger partial charge in [-0.1, -0.05) is 0 Å². The molecule has 1 aliphatic heterocycles. The van der Waals surface area contributed by atoms with Gasteiger partial charge in [-0.3, -0.25) is 14.4 Å². The van der Waals surface area contributed by atoms with Crippen molar-refractivity contribution in [1.29, 1.82) is 0 Å². The third-order valence-electron chi connectivity index (χ3n) is 6.04. The van der Waals surface area contributed by atoms with Crippen molar-refractivity contribution in [3.05, 3.63) is 42.6 Å². The lowest BCUT2D eigenvalue weighted by atomic mass is 10.1. The van der Waals surface area contributed by atoms with Crippen LogP contribution in [-0.4, -0.2) is 86.0 Å². The fraction of sp³-hybridized carbons (Fsp3) is 0.520. The largest absolute Gasteiger partial charge is 0.464 e. The molecule has 1 atom stereocenters. The van der Waals surface area contributed by atoms with Crippen LogP contribution in [0.2, 0.25) is 0 Å². The van der Waals surface area contributed by atoms with Crippen molar-refractivity contribution in [3.8, 4) is 5.69 Å². The fourth-order valence-electron chi connectivity index (χ4n) is 4.38. The minimum atomic E-state index is -0.669. The highest BCUT2D eigenvalue weighted by atomic mass is 16.6. The summed E-state index contributed by atoms with van der Waals surface area (Å²) in [5, 5.41) is 8.95. The van der Waals surface area contributed by atoms with Gasteiger partial charge in [-0.15, -0.1) is 10.2 Å². The van der Waals surface area contributed by atoms with Gasteiger partial charge >= 0.3 is 12.1 Å². The number of benzene rings is 1. The van der Waals surface area contributed by atoms with Crippen LogP contribution in [-0.2, 0) is 20.7 Å². The van der Waals surface area contributed by atoms with E-state index in [1.807, 2.05) is 31.4 Å². The number of H-pyrrole nitrogens is 1. The van der Waals surface area contributed by atoms with Crippen LogP contribution in [0.4, 0.5) is 4.79 Å². The van der Waals surface area contributed by atoms with Crippen LogP contribution < -0.4 is 0 Å². The van der Waals surface area contributed by atoms with Crippen LogP contribution in [0.3, 0.4) is 0 Å². The highest BCUT2D eigenvalue weighted by Crippen LogP contribution is 2.23. The van der Waals surface area contributed by atoms with E-state index in [9.17, 15) is 9.59 Å². The van der Waals surface area contributed by atoms with Crippen LogP contribution in [0.5, 0.6) is 0 Å². The first kappa shape index (κ1) is 24.7. The highest BCUT2D eigenvalue weighted by Gasteiger charge is 2.38. The number of carbonyl (C=O) groups is 2. The average Bonchev–Trinajstić information content (AvgIpc) is 3.48. The zero-order valence-corrected chi connectivity index (χ0v) is 20.9. The van der Waals surface area contributed by atoms with Crippen molar-refractivity contribution in [2.24, 2.45) is 0 Å². The Balaban J connectivity index is 1.38. The minimum absolute atomic E-state index is 0.273. The van der Waals surface area contributed by atoms with E-state index in [4.69, 9.17) is 9.47 Å². The summed E-state index contributed by atoms with van der Waals surface area (Å²) in [4.78, 5) is 32.4. The Morgan fingerprint density at radius 2 is 1.94 bits per heavy atom. The summed E-state index contributed by atoms with van der Waals surface area (Å²) in [6.45, 7) is 9.86. The fourth-order valence-corrected chi connectivity index (χ4v) is 4.38. The van der Waals surface area contributed by atoms with Crippen LogP contribution >= 0.6 is 0 Å². The summed E-state index contributed by atoms with van der Waals surface area (Å²) >= 11 is 0. The van der Waals surface area contributed by atoms with Gasteiger partial charge in [-0.25, -0.2) is 9.59 Å². The third-order valence-corrected chi connectivity index (χ3v) is 6.04. The second-order valence-electron chi connectivity index (χ2n) is 9.76. The van der Waals surface area contributed by atoms with Crippen LogP contribution in [0.1, 0.15) is 39.7 Å². The molecule has 1 amide bonds. The van der Waals surface area contributed by atoms with Gasteiger partial charge in [0.1, 0.15) is 24.3 Å². The molecule has 1 fully saturated rings. The molecule has 4 rings (SSSR count). The summed E-state index contributed by atoms with van der Waals surface area (Å²) in [7, 11) is 0. The predicted octanol–water partition coefficient (Wildman–Crippen LogP) is 3.17. The lowest BCUT2D eigenvalue weighted by Gasteiger charge is -2.40. The molecule has 188 valence electrons. The van der Waals surface area contributed by atoms with Crippen LogP contribution in [0.15, 0.2) is 37.1 Å². The Kier molecular flexibility index (Phi) is 7.39. The molecule has 0 bridgehead atoms. The monoisotopic (exact) mass is 482 g/mol.